The predicted octanol–water partition coefficient (Wildman–Crippen LogP) is 5.48. The molecule has 1 aromatic carbocycles. The molecule has 9 nitrogen and oxygen atoms in total. The van der Waals surface area contributed by atoms with Crippen LogP contribution in [0.1, 0.15) is 77.8 Å². The summed E-state index contributed by atoms with van der Waals surface area (Å²) in [6.07, 6.45) is 0.621. The van der Waals surface area contributed by atoms with E-state index >= 15 is 8.78 Å². The van der Waals surface area contributed by atoms with E-state index in [1.807, 2.05) is 13.0 Å². The summed E-state index contributed by atoms with van der Waals surface area (Å²) in [5, 5.41) is 12.5. The van der Waals surface area contributed by atoms with Crippen LogP contribution in [0.4, 0.5) is 13.6 Å². The molecule has 43 heavy (non-hydrogen) atoms. The topological polar surface area (TPSA) is 122 Å². The number of aldehydes is 1. The van der Waals surface area contributed by atoms with Crippen LogP contribution in [0.5, 0.6) is 5.88 Å². The number of aromatic nitrogens is 1. The Kier molecular flexibility index (Phi) is 7.86. The molecule has 0 unspecified atom stereocenters. The molecule has 5 rings (SSSR count). The van der Waals surface area contributed by atoms with E-state index in [4.69, 9.17) is 9.47 Å². The molecule has 230 valence electrons. The van der Waals surface area contributed by atoms with Gasteiger partial charge < -0.3 is 24.5 Å². The zero-order chi connectivity index (χ0) is 31.3. The standard InChI is InChI=1S/C32H38F2N4O5/c1-18-24(17-39)38-16-25(18)42-27-22(13-20-10-9-19(15-35)12-23(20)36-27)32(33,34)11-7-6-8-21-14-31(21,5)43-29(41)37-26(28(38)40)30(2,3)4/h9-10,12-13,17-18,21,24-26H,6-8,11,14,16H2,1-5H3,(H,37,41)/t18-,21+,24+,25-,26+,31+/m0/s1. The smallest absolute Gasteiger partial charge is 0.408 e. The van der Waals surface area contributed by atoms with E-state index in [9.17, 15) is 19.6 Å². The summed E-state index contributed by atoms with van der Waals surface area (Å²) in [6.45, 7) is 8.86. The van der Waals surface area contributed by atoms with Crippen molar-refractivity contribution in [1.82, 2.24) is 15.2 Å². The Bertz CT molecular complexity index is 1480. The van der Waals surface area contributed by atoms with Gasteiger partial charge in [-0.1, -0.05) is 40.2 Å². The molecular formula is C32H38F2N4O5. The molecule has 1 aliphatic carbocycles. The van der Waals surface area contributed by atoms with E-state index < -0.39 is 59.5 Å². The number of carbonyl (C=O) groups is 3. The number of nitrogens with one attached hydrogen (secondary N) is 1. The van der Waals surface area contributed by atoms with Crippen molar-refractivity contribution >= 4 is 29.2 Å². The monoisotopic (exact) mass is 596 g/mol. The van der Waals surface area contributed by atoms with E-state index in [1.54, 1.807) is 39.8 Å². The molecule has 1 saturated heterocycles. The number of alkyl halides is 2. The molecule has 1 N–H and O–H groups in total. The van der Waals surface area contributed by atoms with Crippen molar-refractivity contribution in [3.63, 3.8) is 0 Å². The van der Waals surface area contributed by atoms with Gasteiger partial charge in [-0.2, -0.15) is 5.26 Å². The largest absolute Gasteiger partial charge is 0.472 e. The van der Waals surface area contributed by atoms with Gasteiger partial charge in [-0.25, -0.2) is 18.6 Å². The number of benzene rings is 1. The number of hydrogen-bond acceptors (Lipinski definition) is 7. The highest BCUT2D eigenvalue weighted by molar-refractivity contribution is 5.89. The molecule has 1 aromatic heterocycles. The van der Waals surface area contributed by atoms with Gasteiger partial charge in [0.05, 0.1) is 35.3 Å². The number of hydrogen-bond donors (Lipinski definition) is 1. The molecule has 1 saturated carbocycles. The third kappa shape index (κ3) is 6.01. The highest BCUT2D eigenvalue weighted by Gasteiger charge is 2.54. The highest BCUT2D eigenvalue weighted by Crippen LogP contribution is 2.50. The first-order valence-corrected chi connectivity index (χ1v) is 14.8. The van der Waals surface area contributed by atoms with Crippen LogP contribution in [0.3, 0.4) is 0 Å². The van der Waals surface area contributed by atoms with Crippen molar-refractivity contribution in [3.8, 4) is 11.9 Å². The zero-order valence-corrected chi connectivity index (χ0v) is 25.2. The number of pyridine rings is 1. The first kappa shape index (κ1) is 30.6. The minimum Gasteiger partial charge on any atom is -0.472 e. The lowest BCUT2D eigenvalue weighted by Crippen LogP contribution is -2.56. The minimum absolute atomic E-state index is 0.0322. The molecule has 2 aliphatic heterocycles. The maximum absolute atomic E-state index is 15.9. The Labute approximate surface area is 249 Å². The van der Waals surface area contributed by atoms with Gasteiger partial charge in [0, 0.05) is 23.6 Å². The van der Waals surface area contributed by atoms with Crippen LogP contribution in [0.25, 0.3) is 10.9 Å². The SMILES string of the molecule is C[C@@H]1[C@@H]2CN(C(=O)[C@H](C(C)(C)C)NC(=O)O[C@]3(C)C[C@H]3CCCCC(F)(F)c3cc4ccc(C#N)cc4nc3O2)[C@@H]1C=O. The molecule has 6 atom stereocenters. The van der Waals surface area contributed by atoms with Gasteiger partial charge >= 0.3 is 6.09 Å². The molecule has 2 fully saturated rings. The van der Waals surface area contributed by atoms with Crippen molar-refractivity contribution in [2.75, 3.05) is 6.54 Å². The molecule has 11 heteroatoms. The number of nitriles is 1. The average Bonchev–Trinajstić information content (AvgIpc) is 3.46. The van der Waals surface area contributed by atoms with Gasteiger partial charge in [-0.15, -0.1) is 0 Å². The lowest BCUT2D eigenvalue weighted by molar-refractivity contribution is -0.139. The summed E-state index contributed by atoms with van der Waals surface area (Å²) in [4.78, 5) is 45.0. The number of halogens is 2. The van der Waals surface area contributed by atoms with E-state index in [2.05, 4.69) is 10.3 Å². The first-order chi connectivity index (χ1) is 20.2. The number of fused-ring (bicyclic) bond motifs is 5. The second-order valence-corrected chi connectivity index (χ2v) is 13.5. The molecule has 0 spiro atoms. The van der Waals surface area contributed by atoms with Gasteiger partial charge in [0.2, 0.25) is 11.8 Å². The third-order valence-corrected chi connectivity index (χ3v) is 9.20. The molecule has 2 aromatic rings. The fourth-order valence-corrected chi connectivity index (χ4v) is 6.29. The van der Waals surface area contributed by atoms with E-state index in [-0.39, 0.29) is 30.3 Å². The minimum atomic E-state index is -3.28. The summed E-state index contributed by atoms with van der Waals surface area (Å²) < 4.78 is 43.7. The fourth-order valence-electron chi connectivity index (χ4n) is 6.29. The highest BCUT2D eigenvalue weighted by atomic mass is 19.3. The Hall–Kier alpha value is -3.81. The van der Waals surface area contributed by atoms with Crippen LogP contribution < -0.4 is 10.1 Å². The van der Waals surface area contributed by atoms with Crippen LogP contribution >= 0.6 is 0 Å². The first-order valence-electron chi connectivity index (χ1n) is 14.8. The van der Waals surface area contributed by atoms with Crippen molar-refractivity contribution in [2.24, 2.45) is 17.3 Å². The summed E-state index contributed by atoms with van der Waals surface area (Å²) in [6, 6.07) is 6.10. The Morgan fingerprint density at radius 1 is 1.21 bits per heavy atom. The van der Waals surface area contributed by atoms with Gasteiger partial charge in [-0.05, 0) is 49.8 Å². The number of carbonyl (C=O) groups excluding carboxylic acids is 3. The van der Waals surface area contributed by atoms with Crippen LogP contribution in [-0.2, 0) is 20.2 Å². The maximum atomic E-state index is 15.9. The summed E-state index contributed by atoms with van der Waals surface area (Å²) in [5.74, 6) is -4.59. The van der Waals surface area contributed by atoms with Gasteiger partial charge in [0.1, 0.15) is 24.0 Å². The molecule has 2 bridgehead atoms. The van der Waals surface area contributed by atoms with Crippen molar-refractivity contribution in [1.29, 1.82) is 5.26 Å². The van der Waals surface area contributed by atoms with Gasteiger partial charge in [0.25, 0.3) is 5.92 Å². The Morgan fingerprint density at radius 2 is 1.95 bits per heavy atom. The molecular weight excluding hydrogens is 558 g/mol. The van der Waals surface area contributed by atoms with Crippen molar-refractivity contribution in [3.05, 3.63) is 35.4 Å². The molecule has 2 amide bonds. The second kappa shape index (κ2) is 11.0. The van der Waals surface area contributed by atoms with Crippen LogP contribution in [0, 0.1) is 28.6 Å². The molecule has 3 aliphatic rings. The zero-order valence-electron chi connectivity index (χ0n) is 25.2. The summed E-state index contributed by atoms with van der Waals surface area (Å²) in [7, 11) is 0. The number of alkyl carbamates (subject to hydrolysis) is 1. The summed E-state index contributed by atoms with van der Waals surface area (Å²) >= 11 is 0. The van der Waals surface area contributed by atoms with E-state index in [0.717, 1.165) is 0 Å². The van der Waals surface area contributed by atoms with Gasteiger partial charge in [0.15, 0.2) is 0 Å². The fraction of sp³-hybridized carbons (Fsp3) is 0.594. The maximum Gasteiger partial charge on any atom is 0.408 e. The predicted molar refractivity (Wildman–Crippen MR) is 153 cm³/mol. The second-order valence-electron chi connectivity index (χ2n) is 13.5. The quantitative estimate of drug-likeness (QED) is 0.433. The average molecular weight is 597 g/mol. The number of rotatable bonds is 1. The van der Waals surface area contributed by atoms with Crippen LogP contribution in [0.2, 0.25) is 0 Å². The lowest BCUT2D eigenvalue weighted by Gasteiger charge is -2.35. The van der Waals surface area contributed by atoms with E-state index in [1.165, 1.54) is 17.0 Å². The summed E-state index contributed by atoms with van der Waals surface area (Å²) in [5.41, 5.74) is -1.18. The van der Waals surface area contributed by atoms with Gasteiger partial charge in [-0.3, -0.25) is 4.79 Å². The number of nitrogens with zero attached hydrogens (tertiary/aromatic N) is 3. The molecule has 0 radical (unpaired) electrons. The number of ether oxygens (including phenoxy) is 2. The number of amides is 2. The van der Waals surface area contributed by atoms with Crippen molar-refractivity contribution < 1.29 is 32.6 Å². The Balaban J connectivity index is 1.57. The molecule has 3 heterocycles. The van der Waals surface area contributed by atoms with Crippen LogP contribution in [0.15, 0.2) is 24.3 Å². The Morgan fingerprint density at radius 3 is 2.63 bits per heavy atom. The van der Waals surface area contributed by atoms with Crippen LogP contribution in [-0.4, -0.2) is 58.5 Å². The van der Waals surface area contributed by atoms with Crippen molar-refractivity contribution in [2.45, 2.75) is 96.4 Å². The van der Waals surface area contributed by atoms with E-state index in [0.29, 0.717) is 42.0 Å². The third-order valence-electron chi connectivity index (χ3n) is 9.20. The normalized spacial score (nSPS) is 31.3. The lowest BCUT2D eigenvalue weighted by atomic mass is 9.85.